The van der Waals surface area contributed by atoms with Gasteiger partial charge in [0, 0.05) is 11.6 Å². The number of aromatic carboxylic acids is 1. The highest BCUT2D eigenvalue weighted by Crippen LogP contribution is 2.24. The molecule has 1 N–H and O–H groups in total. The fourth-order valence-electron chi connectivity index (χ4n) is 2.61. The van der Waals surface area contributed by atoms with E-state index in [1.807, 2.05) is 0 Å². The first-order valence-corrected chi connectivity index (χ1v) is 6.91. The van der Waals surface area contributed by atoms with Gasteiger partial charge in [-0.05, 0) is 18.6 Å². The van der Waals surface area contributed by atoms with Crippen molar-refractivity contribution in [3.8, 4) is 0 Å². The van der Waals surface area contributed by atoms with Crippen LogP contribution in [0, 0.1) is 6.92 Å². The van der Waals surface area contributed by atoms with Gasteiger partial charge in [-0.2, -0.15) is 13.2 Å². The van der Waals surface area contributed by atoms with Gasteiger partial charge in [0.15, 0.2) is 0 Å². The van der Waals surface area contributed by atoms with Gasteiger partial charge in [0.25, 0.3) is 5.56 Å². The molecule has 5 nitrogen and oxygen atoms in total. The largest absolute Gasteiger partial charge is 0.478 e. The molecule has 2 heterocycles. The molecule has 8 heteroatoms. The Morgan fingerprint density at radius 1 is 1.29 bits per heavy atom. The van der Waals surface area contributed by atoms with E-state index < -0.39 is 29.8 Å². The molecule has 0 saturated carbocycles. The molecule has 24 heavy (non-hydrogen) atoms. The molecule has 1 aromatic carbocycles. The second-order valence-electron chi connectivity index (χ2n) is 5.43. The molecule has 3 aromatic rings. The van der Waals surface area contributed by atoms with E-state index in [1.165, 1.54) is 6.07 Å². The third kappa shape index (κ3) is 2.70. The molecule has 0 spiro atoms. The standard InChI is InChI=1S/C16H11F3N2O3/c1-8-3-2-4-9-5-10-13(20-12(8)9)11(15(23)24)6-21(14(10)22)7-16(17,18)19/h2-6H,7H2,1H3,(H,23,24). The van der Waals surface area contributed by atoms with Crippen LogP contribution in [0.1, 0.15) is 15.9 Å². The lowest BCUT2D eigenvalue weighted by atomic mass is 10.1. The monoisotopic (exact) mass is 336 g/mol. The van der Waals surface area contributed by atoms with Crippen LogP contribution in [0.5, 0.6) is 0 Å². The van der Waals surface area contributed by atoms with Crippen molar-refractivity contribution < 1.29 is 23.1 Å². The molecule has 2 aromatic heterocycles. The highest BCUT2D eigenvalue weighted by Gasteiger charge is 2.29. The summed E-state index contributed by atoms with van der Waals surface area (Å²) in [5.74, 6) is -1.45. The number of benzene rings is 1. The van der Waals surface area contributed by atoms with E-state index in [-0.39, 0.29) is 10.9 Å². The normalized spacial score (nSPS) is 12.0. The van der Waals surface area contributed by atoms with Crippen molar-refractivity contribution in [3.63, 3.8) is 0 Å². The number of aryl methyl sites for hydroxylation is 1. The number of alkyl halides is 3. The van der Waals surface area contributed by atoms with Crippen LogP contribution in [-0.4, -0.2) is 26.8 Å². The zero-order chi connectivity index (χ0) is 17.6. The number of fused-ring (bicyclic) bond motifs is 2. The molecule has 0 unspecified atom stereocenters. The summed E-state index contributed by atoms with van der Waals surface area (Å²) in [7, 11) is 0. The summed E-state index contributed by atoms with van der Waals surface area (Å²) in [6.45, 7) is 0.209. The Bertz CT molecular complexity index is 1040. The van der Waals surface area contributed by atoms with Crippen molar-refractivity contribution in [2.75, 3.05) is 0 Å². The Morgan fingerprint density at radius 3 is 2.62 bits per heavy atom. The average Bonchev–Trinajstić information content (AvgIpc) is 2.48. The summed E-state index contributed by atoms with van der Waals surface area (Å²) >= 11 is 0. The van der Waals surface area contributed by atoms with Crippen LogP contribution in [0.25, 0.3) is 21.8 Å². The summed E-state index contributed by atoms with van der Waals surface area (Å²) < 4.78 is 38.3. The minimum Gasteiger partial charge on any atom is -0.478 e. The Labute approximate surface area is 133 Å². The number of hydrogen-bond acceptors (Lipinski definition) is 3. The molecule has 0 aliphatic rings. The van der Waals surface area contributed by atoms with Gasteiger partial charge >= 0.3 is 12.1 Å². The summed E-state index contributed by atoms with van der Waals surface area (Å²) in [6.07, 6.45) is -3.95. The molecular formula is C16H11F3N2O3. The molecule has 0 atom stereocenters. The average molecular weight is 336 g/mol. The first-order valence-electron chi connectivity index (χ1n) is 6.91. The van der Waals surface area contributed by atoms with Crippen LogP contribution in [0.4, 0.5) is 13.2 Å². The Balaban J connectivity index is 2.44. The van der Waals surface area contributed by atoms with E-state index in [0.717, 1.165) is 5.56 Å². The van der Waals surface area contributed by atoms with Crippen LogP contribution in [0.15, 0.2) is 35.3 Å². The zero-order valence-corrected chi connectivity index (χ0v) is 12.4. The third-order valence-electron chi connectivity index (χ3n) is 3.66. The number of carboxylic acid groups (broad SMARTS) is 1. The van der Waals surface area contributed by atoms with E-state index >= 15 is 0 Å². The molecule has 124 valence electrons. The first-order chi connectivity index (χ1) is 11.2. The number of halogens is 3. The van der Waals surface area contributed by atoms with Crippen LogP contribution in [0.2, 0.25) is 0 Å². The third-order valence-corrected chi connectivity index (χ3v) is 3.66. The maximum atomic E-state index is 12.6. The molecule has 3 rings (SSSR count). The van der Waals surface area contributed by atoms with Crippen molar-refractivity contribution in [1.82, 2.24) is 9.55 Å². The molecule has 0 amide bonds. The van der Waals surface area contributed by atoms with Gasteiger partial charge < -0.3 is 9.67 Å². The summed E-state index contributed by atoms with van der Waals surface area (Å²) in [4.78, 5) is 28.0. The molecule has 0 saturated heterocycles. The van der Waals surface area contributed by atoms with E-state index in [2.05, 4.69) is 4.98 Å². The van der Waals surface area contributed by atoms with Crippen LogP contribution in [0.3, 0.4) is 0 Å². The van der Waals surface area contributed by atoms with Crippen molar-refractivity contribution in [3.05, 3.63) is 51.9 Å². The quantitative estimate of drug-likeness (QED) is 0.730. The lowest BCUT2D eigenvalue weighted by Crippen LogP contribution is -2.29. The summed E-state index contributed by atoms with van der Waals surface area (Å²) in [5, 5.41) is 9.70. The van der Waals surface area contributed by atoms with E-state index in [1.54, 1.807) is 25.1 Å². The minimum atomic E-state index is -4.64. The predicted molar refractivity (Wildman–Crippen MR) is 81.3 cm³/mol. The van der Waals surface area contributed by atoms with Crippen LogP contribution < -0.4 is 5.56 Å². The fourth-order valence-corrected chi connectivity index (χ4v) is 2.61. The molecule has 0 aliphatic carbocycles. The molecule has 0 radical (unpaired) electrons. The number of rotatable bonds is 2. The number of nitrogens with zero attached hydrogens (tertiary/aromatic N) is 2. The fraction of sp³-hybridized carbons (Fsp3) is 0.188. The first kappa shape index (κ1) is 16.0. The Morgan fingerprint density at radius 2 is 2.00 bits per heavy atom. The Kier molecular flexibility index (Phi) is 3.55. The second kappa shape index (κ2) is 5.33. The maximum absolute atomic E-state index is 12.6. The SMILES string of the molecule is Cc1cccc2cc3c(=O)n(CC(F)(F)F)cc(C(=O)O)c3nc12. The number of pyridine rings is 2. The van der Waals surface area contributed by atoms with E-state index in [4.69, 9.17) is 0 Å². The van der Waals surface area contributed by atoms with Gasteiger partial charge in [-0.25, -0.2) is 9.78 Å². The minimum absolute atomic E-state index is 0.118. The van der Waals surface area contributed by atoms with E-state index in [9.17, 15) is 27.9 Å². The van der Waals surface area contributed by atoms with Gasteiger partial charge in [0.1, 0.15) is 12.1 Å². The highest BCUT2D eigenvalue weighted by atomic mass is 19.4. The summed E-state index contributed by atoms with van der Waals surface area (Å²) in [6, 6.07) is 6.54. The lowest BCUT2D eigenvalue weighted by molar-refractivity contribution is -0.141. The van der Waals surface area contributed by atoms with Crippen molar-refractivity contribution in [1.29, 1.82) is 0 Å². The van der Waals surface area contributed by atoms with Gasteiger partial charge in [-0.3, -0.25) is 4.79 Å². The topological polar surface area (TPSA) is 72.2 Å². The number of hydrogen-bond donors (Lipinski definition) is 1. The van der Waals surface area contributed by atoms with Gasteiger partial charge in [0.05, 0.1) is 16.4 Å². The number of para-hydroxylation sites is 1. The number of carbonyl (C=O) groups is 1. The van der Waals surface area contributed by atoms with Crippen LogP contribution >= 0.6 is 0 Å². The van der Waals surface area contributed by atoms with Gasteiger partial charge in [-0.15, -0.1) is 0 Å². The lowest BCUT2D eigenvalue weighted by Gasteiger charge is -2.13. The zero-order valence-electron chi connectivity index (χ0n) is 12.4. The smallest absolute Gasteiger partial charge is 0.406 e. The van der Waals surface area contributed by atoms with Crippen molar-refractivity contribution >= 4 is 27.8 Å². The highest BCUT2D eigenvalue weighted by molar-refractivity contribution is 6.04. The van der Waals surface area contributed by atoms with Gasteiger partial charge in [0.2, 0.25) is 0 Å². The maximum Gasteiger partial charge on any atom is 0.406 e. The van der Waals surface area contributed by atoms with Gasteiger partial charge in [-0.1, -0.05) is 18.2 Å². The molecule has 0 fully saturated rings. The van der Waals surface area contributed by atoms with Crippen molar-refractivity contribution in [2.24, 2.45) is 0 Å². The van der Waals surface area contributed by atoms with Crippen LogP contribution in [-0.2, 0) is 6.54 Å². The second-order valence-corrected chi connectivity index (χ2v) is 5.43. The number of carboxylic acids is 1. The van der Waals surface area contributed by atoms with Crippen molar-refractivity contribution in [2.45, 2.75) is 19.6 Å². The molecule has 0 aliphatic heterocycles. The predicted octanol–water partition coefficient (Wildman–Crippen LogP) is 3.12. The van der Waals surface area contributed by atoms with E-state index in [0.29, 0.717) is 21.7 Å². The molecular weight excluding hydrogens is 325 g/mol. The number of aromatic nitrogens is 2. The summed E-state index contributed by atoms with van der Waals surface area (Å²) in [5.41, 5.74) is -0.222. The molecule has 0 bridgehead atoms. The Hall–Kier alpha value is -2.90.